The van der Waals surface area contributed by atoms with Crippen molar-refractivity contribution in [2.75, 3.05) is 62.2 Å². The summed E-state index contributed by atoms with van der Waals surface area (Å²) in [5, 5.41) is 0. The smallest absolute Gasteiger partial charge is 0.253 e. The van der Waals surface area contributed by atoms with Crippen LogP contribution in [0.1, 0.15) is 34.3 Å². The van der Waals surface area contributed by atoms with E-state index in [-0.39, 0.29) is 5.91 Å². The minimum Gasteiger partial charge on any atom is -0.367 e. The number of benzene rings is 2. The van der Waals surface area contributed by atoms with Crippen molar-refractivity contribution in [3.8, 4) is 0 Å². The second-order valence-electron chi connectivity index (χ2n) is 10.7. The number of rotatable bonds is 5. The minimum atomic E-state index is 0.181. The summed E-state index contributed by atoms with van der Waals surface area (Å²) < 4.78 is 0. The Kier molecular flexibility index (Phi) is 7.09. The van der Waals surface area contributed by atoms with Crippen molar-refractivity contribution in [2.45, 2.75) is 25.8 Å². The van der Waals surface area contributed by atoms with E-state index in [1.165, 1.54) is 23.2 Å². The first-order valence-corrected chi connectivity index (χ1v) is 13.8. The number of pyridine rings is 1. The van der Waals surface area contributed by atoms with Crippen LogP contribution >= 0.6 is 0 Å². The summed E-state index contributed by atoms with van der Waals surface area (Å²) in [5.74, 6) is 1.81. The van der Waals surface area contributed by atoms with Gasteiger partial charge in [-0.1, -0.05) is 30.3 Å². The van der Waals surface area contributed by atoms with Gasteiger partial charge >= 0.3 is 0 Å². The zero-order chi connectivity index (χ0) is 25.0. The molecule has 0 radical (unpaired) electrons. The summed E-state index contributed by atoms with van der Waals surface area (Å²) in [4.78, 5) is 27.3. The van der Waals surface area contributed by atoms with Gasteiger partial charge in [0.2, 0.25) is 0 Å². The SMILES string of the molecule is O=C(c1ccc(N2CCc3ccccc3C2)cc1)N1CCCC(CN2CCN(c3ccccn3)CC2)C1. The number of carbonyl (C=O) groups is 1. The molecule has 37 heavy (non-hydrogen) atoms. The number of nitrogens with zero attached hydrogens (tertiary/aromatic N) is 5. The summed E-state index contributed by atoms with van der Waals surface area (Å²) in [6.07, 6.45) is 5.25. The Bertz CT molecular complexity index is 1190. The average molecular weight is 496 g/mol. The number of amides is 1. The van der Waals surface area contributed by atoms with Crippen LogP contribution in [0, 0.1) is 5.92 Å². The topological polar surface area (TPSA) is 42.9 Å². The van der Waals surface area contributed by atoms with Crippen molar-refractivity contribution in [1.29, 1.82) is 0 Å². The monoisotopic (exact) mass is 495 g/mol. The molecule has 3 aromatic rings. The second-order valence-corrected chi connectivity index (χ2v) is 10.7. The fraction of sp³-hybridized carbons (Fsp3) is 0.419. The van der Waals surface area contributed by atoms with Gasteiger partial charge in [0.05, 0.1) is 0 Å². The van der Waals surface area contributed by atoms with Gasteiger partial charge in [0.1, 0.15) is 5.82 Å². The molecule has 4 heterocycles. The highest BCUT2D eigenvalue weighted by Crippen LogP contribution is 2.26. The van der Waals surface area contributed by atoms with Crippen LogP contribution in [0.15, 0.2) is 72.9 Å². The summed E-state index contributed by atoms with van der Waals surface area (Å²) in [6, 6.07) is 23.2. The number of hydrogen-bond donors (Lipinski definition) is 0. The van der Waals surface area contributed by atoms with E-state index in [0.717, 1.165) is 83.1 Å². The maximum absolute atomic E-state index is 13.4. The number of anilines is 2. The van der Waals surface area contributed by atoms with E-state index in [4.69, 9.17) is 0 Å². The van der Waals surface area contributed by atoms with Crippen molar-refractivity contribution in [1.82, 2.24) is 14.8 Å². The van der Waals surface area contributed by atoms with Crippen molar-refractivity contribution in [3.05, 3.63) is 89.6 Å². The molecule has 192 valence electrons. The van der Waals surface area contributed by atoms with E-state index in [9.17, 15) is 4.79 Å². The van der Waals surface area contributed by atoms with Crippen LogP contribution in [-0.2, 0) is 13.0 Å². The van der Waals surface area contributed by atoms with Crippen molar-refractivity contribution < 1.29 is 4.79 Å². The summed E-state index contributed by atoms with van der Waals surface area (Å²) >= 11 is 0. The zero-order valence-corrected chi connectivity index (χ0v) is 21.6. The lowest BCUT2D eigenvalue weighted by atomic mass is 9.96. The summed E-state index contributed by atoms with van der Waals surface area (Å²) in [7, 11) is 0. The molecule has 0 N–H and O–H groups in total. The first kappa shape index (κ1) is 24.0. The molecule has 0 aliphatic carbocycles. The Morgan fingerprint density at radius 1 is 0.811 bits per heavy atom. The maximum atomic E-state index is 13.4. The summed E-state index contributed by atoms with van der Waals surface area (Å²) in [5.41, 5.74) is 4.88. The van der Waals surface area contributed by atoms with Gasteiger partial charge in [-0.15, -0.1) is 0 Å². The summed E-state index contributed by atoms with van der Waals surface area (Å²) in [6.45, 7) is 8.92. The van der Waals surface area contributed by atoms with Gasteiger partial charge in [-0.2, -0.15) is 0 Å². The van der Waals surface area contributed by atoms with Crippen LogP contribution < -0.4 is 9.80 Å². The molecule has 2 fully saturated rings. The molecule has 1 aromatic heterocycles. The first-order chi connectivity index (χ1) is 18.2. The van der Waals surface area contributed by atoms with Gasteiger partial charge in [0.15, 0.2) is 0 Å². The molecule has 6 heteroatoms. The van der Waals surface area contributed by atoms with Crippen molar-refractivity contribution in [3.63, 3.8) is 0 Å². The lowest BCUT2D eigenvalue weighted by Crippen LogP contribution is -2.50. The number of aromatic nitrogens is 1. The molecule has 6 nitrogen and oxygen atoms in total. The van der Waals surface area contributed by atoms with Gasteiger partial charge in [-0.25, -0.2) is 4.98 Å². The quantitative estimate of drug-likeness (QED) is 0.528. The highest BCUT2D eigenvalue weighted by Gasteiger charge is 2.27. The highest BCUT2D eigenvalue weighted by molar-refractivity contribution is 5.94. The van der Waals surface area contributed by atoms with Crippen LogP contribution in [0.2, 0.25) is 0 Å². The highest BCUT2D eigenvalue weighted by atomic mass is 16.2. The number of piperazine rings is 1. The molecular weight excluding hydrogens is 458 g/mol. The Balaban J connectivity index is 1.02. The van der Waals surface area contributed by atoms with Crippen LogP contribution in [0.5, 0.6) is 0 Å². The molecule has 1 unspecified atom stereocenters. The molecular formula is C31H37N5O. The fourth-order valence-electron chi connectivity index (χ4n) is 6.18. The van der Waals surface area contributed by atoms with E-state index in [0.29, 0.717) is 5.92 Å². The molecule has 1 atom stereocenters. The van der Waals surface area contributed by atoms with E-state index in [2.05, 4.69) is 73.1 Å². The number of carbonyl (C=O) groups excluding carboxylic acids is 1. The third-order valence-electron chi connectivity index (χ3n) is 8.28. The predicted octanol–water partition coefficient (Wildman–Crippen LogP) is 4.32. The molecule has 1 amide bonds. The number of hydrogen-bond acceptors (Lipinski definition) is 5. The fourth-order valence-corrected chi connectivity index (χ4v) is 6.18. The predicted molar refractivity (Wildman–Crippen MR) is 149 cm³/mol. The minimum absolute atomic E-state index is 0.181. The lowest BCUT2D eigenvalue weighted by Gasteiger charge is -2.39. The Labute approximate surface area is 220 Å². The van der Waals surface area contributed by atoms with E-state index < -0.39 is 0 Å². The van der Waals surface area contributed by atoms with E-state index in [1.54, 1.807) is 0 Å². The van der Waals surface area contributed by atoms with Crippen molar-refractivity contribution in [2.24, 2.45) is 5.92 Å². The molecule has 0 spiro atoms. The number of likely N-dealkylation sites (tertiary alicyclic amines) is 1. The standard InChI is InChI=1S/C31H37N5O/c37-31(27-10-12-29(13-11-27)35-17-14-26-7-1-2-8-28(26)24-35)36-16-5-6-25(23-36)22-33-18-20-34(21-19-33)30-9-3-4-15-32-30/h1-4,7-13,15,25H,5-6,14,16-24H2. The van der Waals surface area contributed by atoms with Gasteiger partial charge in [-0.05, 0) is 72.7 Å². The van der Waals surface area contributed by atoms with Crippen LogP contribution in [0.4, 0.5) is 11.5 Å². The third kappa shape index (κ3) is 5.49. The van der Waals surface area contributed by atoms with Crippen LogP contribution in [0.25, 0.3) is 0 Å². The Morgan fingerprint density at radius 2 is 1.59 bits per heavy atom. The number of fused-ring (bicyclic) bond motifs is 1. The maximum Gasteiger partial charge on any atom is 0.253 e. The Hall–Kier alpha value is -3.38. The van der Waals surface area contributed by atoms with Crippen LogP contribution in [0.3, 0.4) is 0 Å². The molecule has 2 aromatic carbocycles. The Morgan fingerprint density at radius 3 is 2.38 bits per heavy atom. The van der Waals surface area contributed by atoms with E-state index in [1.807, 2.05) is 24.4 Å². The van der Waals surface area contributed by atoms with Gasteiger partial charge < -0.3 is 14.7 Å². The third-order valence-corrected chi connectivity index (χ3v) is 8.28. The molecule has 6 rings (SSSR count). The second kappa shape index (κ2) is 10.9. The van der Waals surface area contributed by atoms with Gasteiger partial charge in [0, 0.05) is 76.4 Å². The molecule has 0 bridgehead atoms. The molecule has 2 saturated heterocycles. The van der Waals surface area contributed by atoms with Gasteiger partial charge in [0.25, 0.3) is 5.91 Å². The lowest BCUT2D eigenvalue weighted by molar-refractivity contribution is 0.0637. The molecule has 0 saturated carbocycles. The molecule has 3 aliphatic heterocycles. The average Bonchev–Trinajstić information content (AvgIpc) is 2.98. The molecule has 3 aliphatic rings. The van der Waals surface area contributed by atoms with Crippen molar-refractivity contribution >= 4 is 17.4 Å². The largest absolute Gasteiger partial charge is 0.367 e. The van der Waals surface area contributed by atoms with E-state index >= 15 is 0 Å². The van der Waals surface area contributed by atoms with Crippen LogP contribution in [-0.4, -0.2) is 73.0 Å². The first-order valence-electron chi connectivity index (χ1n) is 13.8. The van der Waals surface area contributed by atoms with Gasteiger partial charge in [-0.3, -0.25) is 9.69 Å². The number of piperidine rings is 1. The zero-order valence-electron chi connectivity index (χ0n) is 21.6. The normalized spacial score (nSPS) is 20.5.